The molecule has 4 aromatic heterocycles. The van der Waals surface area contributed by atoms with E-state index in [1.165, 1.54) is 14.0 Å². The van der Waals surface area contributed by atoms with Gasteiger partial charge in [-0.2, -0.15) is 0 Å². The van der Waals surface area contributed by atoms with E-state index >= 15 is 0 Å². The molecule has 0 aliphatic heterocycles. The summed E-state index contributed by atoms with van der Waals surface area (Å²) in [6, 6.07) is 7.54. The highest BCUT2D eigenvalue weighted by molar-refractivity contribution is 6.09. The number of carboxylic acid groups (broad SMARTS) is 1. The van der Waals surface area contributed by atoms with Gasteiger partial charge in [0.25, 0.3) is 0 Å². The number of aromatic nitrogens is 5. The van der Waals surface area contributed by atoms with Gasteiger partial charge in [-0.25, -0.2) is 19.7 Å². The third kappa shape index (κ3) is 3.21. The van der Waals surface area contributed by atoms with E-state index in [0.717, 1.165) is 27.2 Å². The van der Waals surface area contributed by atoms with Gasteiger partial charge in [0, 0.05) is 33.5 Å². The molecule has 0 fully saturated rings. The van der Waals surface area contributed by atoms with Crippen LogP contribution in [0.1, 0.15) is 12.6 Å². The van der Waals surface area contributed by atoms with Crippen LogP contribution in [-0.4, -0.2) is 60.6 Å². The van der Waals surface area contributed by atoms with E-state index in [0.29, 0.717) is 23.4 Å². The minimum atomic E-state index is -1.12. The Balaban J connectivity index is 1.85. The number of anilines is 1. The van der Waals surface area contributed by atoms with Crippen LogP contribution in [0.4, 0.5) is 10.6 Å². The molecule has 0 aromatic carbocycles. The maximum atomic E-state index is 11.5. The normalized spacial score (nSPS) is 11.2. The number of nitrogens with one attached hydrogen (secondary N) is 1. The number of fused-ring (bicyclic) bond motifs is 3. The summed E-state index contributed by atoms with van der Waals surface area (Å²) in [6.45, 7) is 1.92. The molecule has 154 valence electrons. The number of hydrogen-bond acceptors (Lipinski definition) is 5. The lowest BCUT2D eigenvalue weighted by Crippen LogP contribution is -2.25. The van der Waals surface area contributed by atoms with Gasteiger partial charge in [-0.05, 0) is 18.2 Å². The maximum Gasteiger partial charge on any atom is 0.412 e. The van der Waals surface area contributed by atoms with E-state index < -0.39 is 6.09 Å². The van der Waals surface area contributed by atoms with Crippen molar-refractivity contribution in [3.63, 3.8) is 0 Å². The molecule has 10 nitrogen and oxygen atoms in total. The Kier molecular flexibility index (Phi) is 4.61. The quantitative estimate of drug-likeness (QED) is 0.536. The molecule has 2 N–H and O–H groups in total. The van der Waals surface area contributed by atoms with Gasteiger partial charge >= 0.3 is 6.09 Å². The molecule has 4 rings (SSSR count). The smallest absolute Gasteiger partial charge is 0.412 e. The first-order chi connectivity index (χ1) is 14.3. The fourth-order valence-electron chi connectivity index (χ4n) is 3.32. The van der Waals surface area contributed by atoms with Crippen LogP contribution in [0, 0.1) is 0 Å². The molecule has 30 heavy (non-hydrogen) atoms. The second-order valence-electron chi connectivity index (χ2n) is 7.16. The third-order valence-electron chi connectivity index (χ3n) is 5.04. The van der Waals surface area contributed by atoms with E-state index in [4.69, 9.17) is 0 Å². The summed E-state index contributed by atoms with van der Waals surface area (Å²) in [6.07, 6.45) is 0.512. The number of hydrogen-bond donors (Lipinski definition) is 2. The second-order valence-corrected chi connectivity index (χ2v) is 7.16. The Morgan fingerprint density at radius 1 is 1.23 bits per heavy atom. The summed E-state index contributed by atoms with van der Waals surface area (Å²) in [5.74, 6) is 0.217. The first-order valence-electron chi connectivity index (χ1n) is 9.24. The van der Waals surface area contributed by atoms with Crippen LogP contribution in [0.15, 0.2) is 30.6 Å². The number of nitrogens with zero attached hydrogens (tertiary/aromatic N) is 6. The highest BCUT2D eigenvalue weighted by Gasteiger charge is 2.21. The van der Waals surface area contributed by atoms with Crippen molar-refractivity contribution in [1.82, 2.24) is 29.4 Å². The second kappa shape index (κ2) is 7.14. The number of pyridine rings is 2. The van der Waals surface area contributed by atoms with Crippen LogP contribution < -0.4 is 4.90 Å². The Morgan fingerprint density at radius 2 is 2.00 bits per heavy atom. The fourth-order valence-corrected chi connectivity index (χ4v) is 3.32. The van der Waals surface area contributed by atoms with Crippen molar-refractivity contribution in [3.8, 4) is 11.4 Å². The molecule has 0 spiro atoms. The molecule has 0 saturated heterocycles. The predicted octanol–water partition coefficient (Wildman–Crippen LogP) is 2.60. The monoisotopic (exact) mass is 407 g/mol. The number of carbonyl (C=O) groups excluding carboxylic acids is 1. The lowest BCUT2D eigenvalue weighted by molar-refractivity contribution is -0.128. The summed E-state index contributed by atoms with van der Waals surface area (Å²) >= 11 is 0. The zero-order valence-corrected chi connectivity index (χ0v) is 17.0. The van der Waals surface area contributed by atoms with Gasteiger partial charge in [0.05, 0.1) is 35.5 Å². The van der Waals surface area contributed by atoms with Crippen molar-refractivity contribution in [3.05, 3.63) is 36.3 Å². The van der Waals surface area contributed by atoms with Gasteiger partial charge in [-0.3, -0.25) is 9.69 Å². The Hall–Kier alpha value is -3.95. The topological polar surface area (TPSA) is 120 Å². The van der Waals surface area contributed by atoms with Crippen molar-refractivity contribution < 1.29 is 14.7 Å². The highest BCUT2D eigenvalue weighted by Crippen LogP contribution is 2.32. The Bertz CT molecular complexity index is 1290. The van der Waals surface area contributed by atoms with E-state index in [1.807, 2.05) is 35.9 Å². The molecule has 2 amide bonds. The van der Waals surface area contributed by atoms with Crippen molar-refractivity contribution in [2.45, 2.75) is 13.5 Å². The molecule has 0 unspecified atom stereocenters. The van der Waals surface area contributed by atoms with E-state index in [9.17, 15) is 14.7 Å². The van der Waals surface area contributed by atoms with Crippen LogP contribution in [0.2, 0.25) is 0 Å². The van der Waals surface area contributed by atoms with Crippen molar-refractivity contribution in [2.75, 3.05) is 19.0 Å². The van der Waals surface area contributed by atoms with Gasteiger partial charge in [0.2, 0.25) is 5.91 Å². The molecule has 0 bridgehead atoms. The SMILES string of the molecule is CC(=O)N(C)Cc1cccc(-c2cc3c(nc(N(C)C(=O)O)c4ncn(C)c43)[nH]2)n1. The first-order valence-corrected chi connectivity index (χ1v) is 9.24. The van der Waals surface area contributed by atoms with Crippen molar-refractivity contribution in [2.24, 2.45) is 7.05 Å². The molecular formula is C20H21N7O3. The standard InChI is InChI=1S/C20H21N7O3/c1-11(28)25(2)9-12-6-5-7-14(22-12)15-8-13-17-16(21-10-26(17)3)19(24-18(13)23-15)27(4)20(29)30/h5-8,10H,9H2,1-4H3,(H,23,24)(H,29,30). The maximum absolute atomic E-state index is 11.5. The van der Waals surface area contributed by atoms with Gasteiger partial charge in [0.1, 0.15) is 11.2 Å². The van der Waals surface area contributed by atoms with Crippen molar-refractivity contribution in [1.29, 1.82) is 0 Å². The summed E-state index contributed by atoms with van der Waals surface area (Å²) < 4.78 is 1.84. The van der Waals surface area contributed by atoms with E-state index in [1.54, 1.807) is 18.3 Å². The summed E-state index contributed by atoms with van der Waals surface area (Å²) in [7, 11) is 5.01. The predicted molar refractivity (Wildman–Crippen MR) is 112 cm³/mol. The molecule has 4 aromatic rings. The van der Waals surface area contributed by atoms with Gasteiger partial charge in [-0.1, -0.05) is 6.07 Å². The largest absolute Gasteiger partial charge is 0.465 e. The zero-order chi connectivity index (χ0) is 21.6. The number of imidazole rings is 1. The van der Waals surface area contributed by atoms with Crippen LogP contribution in [0.5, 0.6) is 0 Å². The summed E-state index contributed by atoms with van der Waals surface area (Å²) in [5.41, 5.74) is 4.02. The number of carbonyl (C=O) groups is 2. The average molecular weight is 407 g/mol. The molecule has 4 heterocycles. The fraction of sp³-hybridized carbons (Fsp3) is 0.250. The van der Waals surface area contributed by atoms with E-state index in [-0.39, 0.29) is 11.7 Å². The zero-order valence-electron chi connectivity index (χ0n) is 17.0. The van der Waals surface area contributed by atoms with Crippen LogP contribution in [-0.2, 0) is 18.4 Å². The van der Waals surface area contributed by atoms with Gasteiger partial charge in [-0.15, -0.1) is 0 Å². The van der Waals surface area contributed by atoms with E-state index in [2.05, 4.69) is 19.9 Å². The molecule has 10 heteroatoms. The molecule has 0 atom stereocenters. The molecular weight excluding hydrogens is 386 g/mol. The number of rotatable bonds is 4. The lowest BCUT2D eigenvalue weighted by atomic mass is 10.2. The Morgan fingerprint density at radius 3 is 2.70 bits per heavy atom. The molecule has 0 radical (unpaired) electrons. The highest BCUT2D eigenvalue weighted by atomic mass is 16.4. The Labute approximate surface area is 171 Å². The molecule has 0 aliphatic carbocycles. The van der Waals surface area contributed by atoms with Gasteiger partial charge in [0.15, 0.2) is 5.82 Å². The van der Waals surface area contributed by atoms with Crippen LogP contribution in [0.25, 0.3) is 33.5 Å². The first kappa shape index (κ1) is 19.4. The number of aromatic amines is 1. The average Bonchev–Trinajstić information content (AvgIpc) is 3.30. The minimum absolute atomic E-state index is 0.0364. The lowest BCUT2D eigenvalue weighted by Gasteiger charge is -2.14. The van der Waals surface area contributed by atoms with Gasteiger partial charge < -0.3 is 19.6 Å². The van der Waals surface area contributed by atoms with Crippen LogP contribution >= 0.6 is 0 Å². The third-order valence-corrected chi connectivity index (χ3v) is 5.04. The summed E-state index contributed by atoms with van der Waals surface area (Å²) in [4.78, 5) is 42.4. The molecule has 0 saturated carbocycles. The number of amides is 2. The minimum Gasteiger partial charge on any atom is -0.465 e. The summed E-state index contributed by atoms with van der Waals surface area (Å²) in [5, 5.41) is 10.2. The van der Waals surface area contributed by atoms with Crippen LogP contribution in [0.3, 0.4) is 0 Å². The van der Waals surface area contributed by atoms with Crippen molar-refractivity contribution >= 4 is 39.9 Å². The number of H-pyrrole nitrogens is 1. The molecule has 0 aliphatic rings. The number of aryl methyl sites for hydroxylation is 1.